The molecule has 112 valence electrons. The van der Waals surface area contributed by atoms with Gasteiger partial charge in [0.15, 0.2) is 0 Å². The summed E-state index contributed by atoms with van der Waals surface area (Å²) < 4.78 is 0.381. The number of amides is 1. The van der Waals surface area contributed by atoms with Gasteiger partial charge in [-0.1, -0.05) is 15.9 Å². The van der Waals surface area contributed by atoms with Crippen LogP contribution in [-0.4, -0.2) is 28.7 Å². The second kappa shape index (κ2) is 4.47. The van der Waals surface area contributed by atoms with E-state index in [1.165, 1.54) is 51.4 Å². The molecule has 0 aromatic rings. The Morgan fingerprint density at radius 3 is 2.40 bits per heavy atom. The van der Waals surface area contributed by atoms with E-state index in [2.05, 4.69) is 15.9 Å². The maximum atomic E-state index is 12.6. The smallest absolute Gasteiger partial charge is 0.222 e. The quantitative estimate of drug-likeness (QED) is 0.709. The van der Waals surface area contributed by atoms with Crippen molar-refractivity contribution in [3.63, 3.8) is 0 Å². The molecule has 0 aromatic carbocycles. The Hall–Kier alpha value is -0.0500. The third-order valence-electron chi connectivity index (χ3n) is 6.29. The topological polar surface area (TPSA) is 20.3 Å². The van der Waals surface area contributed by atoms with Gasteiger partial charge in [0.25, 0.3) is 0 Å². The fourth-order valence-electron chi connectivity index (χ4n) is 5.79. The van der Waals surface area contributed by atoms with Gasteiger partial charge in [0, 0.05) is 24.3 Å². The molecular weight excluding hydrogens is 314 g/mol. The van der Waals surface area contributed by atoms with Crippen molar-refractivity contribution in [1.82, 2.24) is 4.90 Å². The van der Waals surface area contributed by atoms with E-state index in [-0.39, 0.29) is 0 Å². The van der Waals surface area contributed by atoms with E-state index in [0.717, 1.165) is 30.7 Å². The zero-order valence-electron chi connectivity index (χ0n) is 12.5. The highest BCUT2D eigenvalue weighted by Crippen LogP contribution is 2.65. The summed E-state index contributed by atoms with van der Waals surface area (Å²) in [6.45, 7) is 1.00. The van der Waals surface area contributed by atoms with E-state index in [9.17, 15) is 4.79 Å². The van der Waals surface area contributed by atoms with E-state index in [0.29, 0.717) is 15.6 Å². The van der Waals surface area contributed by atoms with Gasteiger partial charge in [0.2, 0.25) is 5.91 Å². The molecular formula is C17H26BrNO. The summed E-state index contributed by atoms with van der Waals surface area (Å²) in [5.41, 5.74) is 0.336. The molecule has 5 saturated carbocycles. The normalized spacial score (nSPS) is 45.7. The Morgan fingerprint density at radius 2 is 1.85 bits per heavy atom. The van der Waals surface area contributed by atoms with Gasteiger partial charge in [-0.25, -0.2) is 0 Å². The fourth-order valence-corrected chi connectivity index (χ4v) is 7.30. The van der Waals surface area contributed by atoms with Crippen molar-refractivity contribution >= 4 is 21.8 Å². The van der Waals surface area contributed by atoms with Crippen LogP contribution in [0.15, 0.2) is 0 Å². The molecule has 20 heavy (non-hydrogen) atoms. The number of carbonyl (C=O) groups excluding carboxylic acids is 1. The highest BCUT2D eigenvalue weighted by Gasteiger charge is 2.57. The average Bonchev–Trinajstić information content (AvgIpc) is 3.08. The Morgan fingerprint density at radius 1 is 1.20 bits per heavy atom. The average molecular weight is 340 g/mol. The molecule has 0 spiro atoms. The predicted octanol–water partition coefficient (Wildman–Crippen LogP) is 3.98. The van der Waals surface area contributed by atoms with E-state index >= 15 is 0 Å². The van der Waals surface area contributed by atoms with Crippen LogP contribution in [0.2, 0.25) is 0 Å². The van der Waals surface area contributed by atoms with E-state index in [1.807, 2.05) is 11.9 Å². The highest BCUT2D eigenvalue weighted by atomic mass is 79.9. The van der Waals surface area contributed by atoms with Crippen molar-refractivity contribution in [2.45, 2.75) is 62.1 Å². The Kier molecular flexibility index (Phi) is 3.04. The molecule has 5 aliphatic rings. The van der Waals surface area contributed by atoms with Crippen molar-refractivity contribution in [3.05, 3.63) is 0 Å². The Bertz CT molecular complexity index is 417. The summed E-state index contributed by atoms with van der Waals surface area (Å²) in [7, 11) is 2.02. The molecule has 0 saturated heterocycles. The summed E-state index contributed by atoms with van der Waals surface area (Å²) in [6.07, 6.45) is 11.5. The lowest BCUT2D eigenvalue weighted by molar-refractivity contribution is -0.137. The first-order chi connectivity index (χ1) is 9.45. The first-order valence-electron chi connectivity index (χ1n) is 8.38. The van der Waals surface area contributed by atoms with Crippen LogP contribution in [-0.2, 0) is 4.79 Å². The van der Waals surface area contributed by atoms with Crippen molar-refractivity contribution in [1.29, 1.82) is 0 Å². The van der Waals surface area contributed by atoms with E-state index in [4.69, 9.17) is 0 Å². The SMILES string of the molecule is CN(CC1CC1)C(=O)CC12CC3CC(CC(Br)(C3)C1)C2. The molecule has 0 aliphatic heterocycles. The Balaban J connectivity index is 1.46. The molecule has 2 nitrogen and oxygen atoms in total. The molecule has 0 heterocycles. The van der Waals surface area contributed by atoms with Crippen LogP contribution in [0.3, 0.4) is 0 Å². The van der Waals surface area contributed by atoms with Crippen molar-refractivity contribution in [2.75, 3.05) is 13.6 Å². The van der Waals surface area contributed by atoms with Crippen molar-refractivity contribution in [2.24, 2.45) is 23.2 Å². The largest absolute Gasteiger partial charge is 0.345 e. The molecule has 2 unspecified atom stereocenters. The maximum Gasteiger partial charge on any atom is 0.222 e. The third-order valence-corrected chi connectivity index (χ3v) is 7.22. The minimum Gasteiger partial charge on any atom is -0.345 e. The summed E-state index contributed by atoms with van der Waals surface area (Å²) in [4.78, 5) is 14.6. The van der Waals surface area contributed by atoms with Crippen molar-refractivity contribution in [3.8, 4) is 0 Å². The molecule has 5 rings (SSSR count). The third kappa shape index (κ3) is 2.44. The zero-order valence-corrected chi connectivity index (χ0v) is 14.1. The van der Waals surface area contributed by atoms with Gasteiger partial charge in [-0.3, -0.25) is 4.79 Å². The standard InChI is InChI=1S/C17H26BrNO/c1-19(10-12-2-3-12)15(20)9-16-5-13-4-14(6-16)8-17(18,7-13)11-16/h12-14H,2-11H2,1H3. The van der Waals surface area contributed by atoms with E-state index < -0.39 is 0 Å². The number of hydrogen-bond acceptors (Lipinski definition) is 1. The molecule has 1 amide bonds. The number of alkyl halides is 1. The van der Waals surface area contributed by atoms with Crippen LogP contribution < -0.4 is 0 Å². The van der Waals surface area contributed by atoms with Crippen LogP contribution in [0.5, 0.6) is 0 Å². The van der Waals surface area contributed by atoms with Gasteiger partial charge in [-0.05, 0) is 74.5 Å². The van der Waals surface area contributed by atoms with E-state index in [1.54, 1.807) is 0 Å². The number of rotatable bonds is 4. The van der Waals surface area contributed by atoms with Crippen LogP contribution in [0.4, 0.5) is 0 Å². The maximum absolute atomic E-state index is 12.6. The lowest BCUT2D eigenvalue weighted by Gasteiger charge is -2.60. The van der Waals surface area contributed by atoms with Gasteiger partial charge in [-0.2, -0.15) is 0 Å². The number of halogens is 1. The second-order valence-corrected chi connectivity index (χ2v) is 10.2. The van der Waals surface area contributed by atoms with Gasteiger partial charge in [0.05, 0.1) is 0 Å². The van der Waals surface area contributed by atoms with Crippen molar-refractivity contribution < 1.29 is 4.79 Å². The number of carbonyl (C=O) groups is 1. The zero-order chi connectivity index (χ0) is 14.0. The summed E-state index contributed by atoms with van der Waals surface area (Å²) in [6, 6.07) is 0. The molecule has 2 atom stereocenters. The number of nitrogens with zero attached hydrogens (tertiary/aromatic N) is 1. The van der Waals surface area contributed by atoms with Gasteiger partial charge < -0.3 is 4.90 Å². The molecule has 0 aromatic heterocycles. The van der Waals surface area contributed by atoms with Gasteiger partial charge in [0.1, 0.15) is 0 Å². The predicted molar refractivity (Wildman–Crippen MR) is 83.8 cm³/mol. The molecule has 3 heteroatoms. The minimum absolute atomic E-state index is 0.336. The number of hydrogen-bond donors (Lipinski definition) is 0. The molecule has 5 aliphatic carbocycles. The lowest BCUT2D eigenvalue weighted by Crippen LogP contribution is -2.54. The molecule has 0 N–H and O–H groups in total. The second-order valence-electron chi connectivity index (χ2n) is 8.51. The van der Waals surface area contributed by atoms with Crippen LogP contribution in [0.25, 0.3) is 0 Å². The highest BCUT2D eigenvalue weighted by molar-refractivity contribution is 9.10. The first-order valence-corrected chi connectivity index (χ1v) is 9.18. The van der Waals surface area contributed by atoms with Gasteiger partial charge >= 0.3 is 0 Å². The van der Waals surface area contributed by atoms with Crippen LogP contribution >= 0.6 is 15.9 Å². The minimum atomic E-state index is 0.336. The monoisotopic (exact) mass is 339 g/mol. The van der Waals surface area contributed by atoms with Gasteiger partial charge in [-0.15, -0.1) is 0 Å². The first kappa shape index (κ1) is 13.6. The molecule has 5 fully saturated rings. The summed E-state index contributed by atoms with van der Waals surface area (Å²) >= 11 is 4.04. The fraction of sp³-hybridized carbons (Fsp3) is 0.941. The summed E-state index contributed by atoms with van der Waals surface area (Å²) in [5, 5.41) is 0. The Labute approximate surface area is 130 Å². The van der Waals surface area contributed by atoms with Crippen LogP contribution in [0.1, 0.15) is 57.8 Å². The summed E-state index contributed by atoms with van der Waals surface area (Å²) in [5.74, 6) is 2.99. The lowest BCUT2D eigenvalue weighted by atomic mass is 9.48. The van der Waals surface area contributed by atoms with Crippen LogP contribution in [0, 0.1) is 23.2 Å². The molecule has 0 radical (unpaired) electrons. The molecule has 4 bridgehead atoms.